The highest BCUT2D eigenvalue weighted by Crippen LogP contribution is 2.20. The molecule has 1 aromatic carbocycles. The van der Waals surface area contributed by atoms with Crippen LogP contribution in [0.25, 0.3) is 10.9 Å². The van der Waals surface area contributed by atoms with Crippen molar-refractivity contribution in [2.75, 3.05) is 0 Å². The van der Waals surface area contributed by atoms with Gasteiger partial charge in [-0.25, -0.2) is 14.4 Å². The van der Waals surface area contributed by atoms with Crippen LogP contribution in [0.15, 0.2) is 24.5 Å². The van der Waals surface area contributed by atoms with E-state index in [0.717, 1.165) is 0 Å². The van der Waals surface area contributed by atoms with Crippen molar-refractivity contribution in [3.63, 3.8) is 0 Å². The van der Waals surface area contributed by atoms with Gasteiger partial charge in [-0.1, -0.05) is 12.1 Å². The van der Waals surface area contributed by atoms with Gasteiger partial charge in [0.05, 0.1) is 5.69 Å². The molecule has 0 fully saturated rings. The molecule has 3 nitrogen and oxygen atoms in total. The normalized spacial score (nSPS) is 13.1. The lowest BCUT2D eigenvalue weighted by atomic mass is 10.1. The number of hydrogen-bond donors (Lipinski definition) is 1. The Kier molecular flexibility index (Phi) is 2.13. The molecule has 0 aliphatic heterocycles. The van der Waals surface area contributed by atoms with Crippen molar-refractivity contribution in [2.24, 2.45) is 5.73 Å². The van der Waals surface area contributed by atoms with Crippen LogP contribution in [0, 0.1) is 5.82 Å². The average Bonchev–Trinajstić information content (AvgIpc) is 2.17. The van der Waals surface area contributed by atoms with E-state index < -0.39 is 0 Å². The monoisotopic (exact) mass is 191 g/mol. The Labute approximate surface area is 80.8 Å². The second kappa shape index (κ2) is 3.31. The molecule has 2 N–H and O–H groups in total. The third kappa shape index (κ3) is 1.33. The summed E-state index contributed by atoms with van der Waals surface area (Å²) in [5, 5.41) is 0.683. The van der Waals surface area contributed by atoms with Crippen LogP contribution in [-0.2, 0) is 0 Å². The van der Waals surface area contributed by atoms with E-state index in [1.54, 1.807) is 12.1 Å². The van der Waals surface area contributed by atoms with Gasteiger partial charge in [0.1, 0.15) is 17.7 Å². The topological polar surface area (TPSA) is 51.8 Å². The SMILES string of the molecule is CC(N)c1ncnc2c(F)cccc12. The highest BCUT2D eigenvalue weighted by Gasteiger charge is 2.09. The van der Waals surface area contributed by atoms with Crippen LogP contribution >= 0.6 is 0 Å². The molecule has 1 heterocycles. The Bertz CT molecular complexity index is 468. The Morgan fingerprint density at radius 3 is 2.86 bits per heavy atom. The number of aromatic nitrogens is 2. The number of hydrogen-bond acceptors (Lipinski definition) is 3. The zero-order chi connectivity index (χ0) is 10.1. The lowest BCUT2D eigenvalue weighted by molar-refractivity contribution is 0.635. The van der Waals surface area contributed by atoms with Gasteiger partial charge in [-0.3, -0.25) is 0 Å². The summed E-state index contributed by atoms with van der Waals surface area (Å²) in [7, 11) is 0. The summed E-state index contributed by atoms with van der Waals surface area (Å²) in [4.78, 5) is 7.93. The molecule has 0 saturated heterocycles. The van der Waals surface area contributed by atoms with Crippen LogP contribution in [0.2, 0.25) is 0 Å². The Morgan fingerprint density at radius 2 is 2.14 bits per heavy atom. The average molecular weight is 191 g/mol. The van der Waals surface area contributed by atoms with Gasteiger partial charge in [-0.05, 0) is 13.0 Å². The molecule has 0 aliphatic rings. The first-order valence-electron chi connectivity index (χ1n) is 4.35. The van der Waals surface area contributed by atoms with Crippen LogP contribution in [0.3, 0.4) is 0 Å². The van der Waals surface area contributed by atoms with Gasteiger partial charge < -0.3 is 5.73 Å². The number of nitrogens with zero attached hydrogens (tertiary/aromatic N) is 2. The van der Waals surface area contributed by atoms with Crippen molar-refractivity contribution in [3.05, 3.63) is 36.0 Å². The Hall–Kier alpha value is -1.55. The second-order valence-corrected chi connectivity index (χ2v) is 3.18. The van der Waals surface area contributed by atoms with Gasteiger partial charge in [-0.15, -0.1) is 0 Å². The van der Waals surface area contributed by atoms with Gasteiger partial charge in [0.15, 0.2) is 0 Å². The lowest BCUT2D eigenvalue weighted by Gasteiger charge is -2.07. The van der Waals surface area contributed by atoms with Crippen LogP contribution in [0.4, 0.5) is 4.39 Å². The van der Waals surface area contributed by atoms with Crippen molar-refractivity contribution in [3.8, 4) is 0 Å². The maximum Gasteiger partial charge on any atom is 0.149 e. The summed E-state index contributed by atoms with van der Waals surface area (Å²) in [6, 6.07) is 4.56. The first-order valence-corrected chi connectivity index (χ1v) is 4.35. The Balaban J connectivity index is 2.81. The zero-order valence-electron chi connectivity index (χ0n) is 7.74. The fraction of sp³-hybridized carbons (Fsp3) is 0.200. The van der Waals surface area contributed by atoms with Gasteiger partial charge in [0, 0.05) is 11.4 Å². The smallest absolute Gasteiger partial charge is 0.149 e. The predicted molar refractivity (Wildman–Crippen MR) is 52.1 cm³/mol. The number of rotatable bonds is 1. The van der Waals surface area contributed by atoms with Crippen molar-refractivity contribution < 1.29 is 4.39 Å². The van der Waals surface area contributed by atoms with Crippen molar-refractivity contribution in [1.29, 1.82) is 0 Å². The molecule has 1 atom stereocenters. The van der Waals surface area contributed by atoms with Crippen LogP contribution in [0.1, 0.15) is 18.7 Å². The molecule has 0 amide bonds. The van der Waals surface area contributed by atoms with E-state index in [-0.39, 0.29) is 11.9 Å². The van der Waals surface area contributed by atoms with Gasteiger partial charge in [0.2, 0.25) is 0 Å². The molecule has 2 aromatic rings. The highest BCUT2D eigenvalue weighted by atomic mass is 19.1. The standard InChI is InChI=1S/C10H10FN3/c1-6(12)9-7-3-2-4-8(11)10(7)14-5-13-9/h2-6H,12H2,1H3. The summed E-state index contributed by atoms with van der Waals surface area (Å²) in [6.07, 6.45) is 1.34. The third-order valence-corrected chi connectivity index (χ3v) is 2.08. The van der Waals surface area contributed by atoms with E-state index >= 15 is 0 Å². The number of fused-ring (bicyclic) bond motifs is 1. The molecule has 0 bridgehead atoms. The van der Waals surface area contributed by atoms with Crippen LogP contribution < -0.4 is 5.73 Å². The van der Waals surface area contributed by atoms with E-state index in [0.29, 0.717) is 16.6 Å². The van der Waals surface area contributed by atoms with E-state index in [2.05, 4.69) is 9.97 Å². The van der Waals surface area contributed by atoms with Crippen LogP contribution in [-0.4, -0.2) is 9.97 Å². The molecule has 2 rings (SSSR count). The molecule has 0 aliphatic carbocycles. The molecule has 0 radical (unpaired) electrons. The fourth-order valence-electron chi connectivity index (χ4n) is 1.43. The Morgan fingerprint density at radius 1 is 1.36 bits per heavy atom. The summed E-state index contributed by atoms with van der Waals surface area (Å²) in [5.74, 6) is -0.341. The summed E-state index contributed by atoms with van der Waals surface area (Å²) < 4.78 is 13.3. The molecule has 0 spiro atoms. The molecular formula is C10H10FN3. The van der Waals surface area contributed by atoms with Crippen molar-refractivity contribution in [2.45, 2.75) is 13.0 Å². The van der Waals surface area contributed by atoms with E-state index in [9.17, 15) is 4.39 Å². The van der Waals surface area contributed by atoms with Crippen molar-refractivity contribution >= 4 is 10.9 Å². The first kappa shape index (κ1) is 9.02. The number of nitrogens with two attached hydrogens (primary N) is 1. The quantitative estimate of drug-likeness (QED) is 0.747. The molecule has 1 unspecified atom stereocenters. The largest absolute Gasteiger partial charge is 0.323 e. The van der Waals surface area contributed by atoms with E-state index in [1.807, 2.05) is 6.92 Å². The molecule has 0 saturated carbocycles. The summed E-state index contributed by atoms with van der Waals surface area (Å²) in [5.41, 5.74) is 6.72. The lowest BCUT2D eigenvalue weighted by Crippen LogP contribution is -2.08. The van der Waals surface area contributed by atoms with E-state index in [4.69, 9.17) is 5.73 Å². The maximum atomic E-state index is 13.3. The van der Waals surface area contributed by atoms with Crippen LogP contribution in [0.5, 0.6) is 0 Å². The first-order chi connectivity index (χ1) is 6.70. The van der Waals surface area contributed by atoms with Gasteiger partial charge in [0.25, 0.3) is 0 Å². The number of benzene rings is 1. The maximum absolute atomic E-state index is 13.3. The minimum atomic E-state index is -0.341. The van der Waals surface area contributed by atoms with E-state index in [1.165, 1.54) is 12.4 Å². The minimum absolute atomic E-state index is 0.220. The van der Waals surface area contributed by atoms with Gasteiger partial charge in [-0.2, -0.15) is 0 Å². The second-order valence-electron chi connectivity index (χ2n) is 3.18. The van der Waals surface area contributed by atoms with Gasteiger partial charge >= 0.3 is 0 Å². The minimum Gasteiger partial charge on any atom is -0.323 e. The summed E-state index contributed by atoms with van der Waals surface area (Å²) in [6.45, 7) is 1.81. The van der Waals surface area contributed by atoms with Crippen molar-refractivity contribution in [1.82, 2.24) is 9.97 Å². The molecule has 1 aromatic heterocycles. The molecular weight excluding hydrogens is 181 g/mol. The fourth-order valence-corrected chi connectivity index (χ4v) is 1.43. The number of para-hydroxylation sites is 1. The predicted octanol–water partition coefficient (Wildman–Crippen LogP) is 1.79. The zero-order valence-corrected chi connectivity index (χ0v) is 7.74. The number of halogens is 1. The molecule has 14 heavy (non-hydrogen) atoms. The summed E-state index contributed by atoms with van der Waals surface area (Å²) >= 11 is 0. The third-order valence-electron chi connectivity index (χ3n) is 2.08. The molecule has 72 valence electrons. The molecule has 4 heteroatoms. The highest BCUT2D eigenvalue weighted by molar-refractivity contribution is 5.81.